The van der Waals surface area contributed by atoms with Gasteiger partial charge in [-0.15, -0.1) is 0 Å². The molecular formula is C16H20N2O5S. The molecule has 1 amide bonds. The fraction of sp³-hybridized carbons (Fsp3) is 0.438. The van der Waals surface area contributed by atoms with E-state index in [9.17, 15) is 18.0 Å². The number of sulfone groups is 1. The molecule has 0 aliphatic rings. The van der Waals surface area contributed by atoms with Crippen molar-refractivity contribution in [1.82, 2.24) is 4.90 Å². The summed E-state index contributed by atoms with van der Waals surface area (Å²) in [7, 11) is -2.08. The van der Waals surface area contributed by atoms with Crippen LogP contribution in [0.3, 0.4) is 0 Å². The zero-order valence-electron chi connectivity index (χ0n) is 13.7. The maximum Gasteiger partial charge on any atom is 0.307 e. The van der Waals surface area contributed by atoms with Gasteiger partial charge in [0.2, 0.25) is 0 Å². The third-order valence-corrected chi connectivity index (χ3v) is 5.03. The summed E-state index contributed by atoms with van der Waals surface area (Å²) >= 11 is 0. The van der Waals surface area contributed by atoms with Gasteiger partial charge in [-0.1, -0.05) is 17.7 Å². The van der Waals surface area contributed by atoms with Crippen LogP contribution in [0.5, 0.6) is 0 Å². The van der Waals surface area contributed by atoms with Gasteiger partial charge in [0.1, 0.15) is 0 Å². The summed E-state index contributed by atoms with van der Waals surface area (Å²) in [6.45, 7) is 1.62. The van der Waals surface area contributed by atoms with Gasteiger partial charge >= 0.3 is 5.97 Å². The van der Waals surface area contributed by atoms with Crippen molar-refractivity contribution >= 4 is 21.7 Å². The summed E-state index contributed by atoms with van der Waals surface area (Å²) in [5.74, 6) is -1.58. The van der Waals surface area contributed by atoms with Crippen LogP contribution < -0.4 is 0 Å². The highest BCUT2D eigenvalue weighted by Gasteiger charge is 2.18. The van der Waals surface area contributed by atoms with Gasteiger partial charge in [0, 0.05) is 13.6 Å². The van der Waals surface area contributed by atoms with E-state index in [1.165, 1.54) is 24.1 Å². The third kappa shape index (κ3) is 6.38. The molecule has 7 nitrogen and oxygen atoms in total. The standard InChI is InChI=1S/C16H20N2O5S/c1-13-4-6-14(7-5-13)24(21,22)11-8-16(20)23-12-15(19)18(2)10-3-9-17/h4-7H,3,8,10-12H2,1-2H3. The lowest BCUT2D eigenvalue weighted by Gasteiger charge is -2.15. The molecule has 0 radical (unpaired) electrons. The summed E-state index contributed by atoms with van der Waals surface area (Å²) in [6, 6.07) is 8.25. The van der Waals surface area contributed by atoms with Gasteiger partial charge in [-0.2, -0.15) is 5.26 Å². The maximum absolute atomic E-state index is 12.1. The summed E-state index contributed by atoms with van der Waals surface area (Å²) in [4.78, 5) is 24.7. The SMILES string of the molecule is Cc1ccc(S(=O)(=O)CCC(=O)OCC(=O)N(C)CCC#N)cc1. The number of hydrogen-bond donors (Lipinski definition) is 0. The van der Waals surface area contributed by atoms with Crippen LogP contribution in [0.2, 0.25) is 0 Å². The van der Waals surface area contributed by atoms with E-state index in [2.05, 4.69) is 0 Å². The Morgan fingerprint density at radius 3 is 2.46 bits per heavy atom. The average Bonchev–Trinajstić information content (AvgIpc) is 2.56. The Labute approximate surface area is 141 Å². The molecule has 0 aliphatic heterocycles. The predicted octanol–water partition coefficient (Wildman–Crippen LogP) is 1.07. The molecule has 1 aromatic carbocycles. The zero-order valence-corrected chi connectivity index (χ0v) is 14.5. The molecule has 0 unspecified atom stereocenters. The molecule has 8 heteroatoms. The van der Waals surface area contributed by atoms with E-state index in [1.54, 1.807) is 12.1 Å². The lowest BCUT2D eigenvalue weighted by Crippen LogP contribution is -2.32. The first-order valence-electron chi connectivity index (χ1n) is 7.32. The Bertz CT molecular complexity index is 720. The van der Waals surface area contributed by atoms with E-state index in [-0.39, 0.29) is 30.0 Å². The minimum atomic E-state index is -3.57. The van der Waals surface area contributed by atoms with Crippen molar-refractivity contribution in [2.24, 2.45) is 0 Å². The largest absolute Gasteiger partial charge is 0.456 e. The van der Waals surface area contributed by atoms with E-state index in [1.807, 2.05) is 13.0 Å². The predicted molar refractivity (Wildman–Crippen MR) is 86.7 cm³/mol. The van der Waals surface area contributed by atoms with Gasteiger partial charge in [0.15, 0.2) is 16.4 Å². The Kier molecular flexibility index (Phi) is 7.39. The number of ether oxygens (including phenoxy) is 1. The molecule has 0 aromatic heterocycles. The smallest absolute Gasteiger partial charge is 0.307 e. The highest BCUT2D eigenvalue weighted by molar-refractivity contribution is 7.91. The van der Waals surface area contributed by atoms with Crippen molar-refractivity contribution in [2.45, 2.75) is 24.7 Å². The van der Waals surface area contributed by atoms with Crippen molar-refractivity contribution < 1.29 is 22.7 Å². The van der Waals surface area contributed by atoms with Gasteiger partial charge < -0.3 is 9.64 Å². The average molecular weight is 352 g/mol. The van der Waals surface area contributed by atoms with Crippen LogP contribution in [0, 0.1) is 18.3 Å². The number of nitriles is 1. The summed E-state index contributed by atoms with van der Waals surface area (Å²) in [6.07, 6.45) is -0.142. The molecule has 0 spiro atoms. The summed E-state index contributed by atoms with van der Waals surface area (Å²) < 4.78 is 29.0. The number of carbonyl (C=O) groups excluding carboxylic acids is 2. The molecule has 1 aromatic rings. The molecule has 1 rings (SSSR count). The van der Waals surface area contributed by atoms with Crippen LogP contribution in [0.4, 0.5) is 0 Å². The molecule has 0 bridgehead atoms. The first-order valence-corrected chi connectivity index (χ1v) is 8.97. The van der Waals surface area contributed by atoms with Crippen molar-refractivity contribution in [3.8, 4) is 6.07 Å². The quantitative estimate of drug-likeness (QED) is 0.648. The molecule has 130 valence electrons. The minimum absolute atomic E-state index is 0.146. The molecule has 0 atom stereocenters. The van der Waals surface area contributed by atoms with Gasteiger partial charge in [-0.25, -0.2) is 8.42 Å². The number of aryl methyl sites for hydroxylation is 1. The van der Waals surface area contributed by atoms with Crippen LogP contribution in [-0.2, 0) is 24.2 Å². The molecule has 0 N–H and O–H groups in total. The molecular weight excluding hydrogens is 332 g/mol. The number of hydrogen-bond acceptors (Lipinski definition) is 6. The van der Waals surface area contributed by atoms with E-state index >= 15 is 0 Å². The lowest BCUT2D eigenvalue weighted by atomic mass is 10.2. The van der Waals surface area contributed by atoms with Crippen molar-refractivity contribution in [1.29, 1.82) is 5.26 Å². The number of rotatable bonds is 8. The molecule has 0 aliphatic carbocycles. The number of nitrogens with zero attached hydrogens (tertiary/aromatic N) is 2. The fourth-order valence-electron chi connectivity index (χ4n) is 1.75. The van der Waals surface area contributed by atoms with E-state index < -0.39 is 28.3 Å². The van der Waals surface area contributed by atoms with Crippen LogP contribution >= 0.6 is 0 Å². The first kappa shape index (κ1) is 19.6. The van der Waals surface area contributed by atoms with Crippen LogP contribution in [0.15, 0.2) is 29.2 Å². The molecule has 0 fully saturated rings. The van der Waals surface area contributed by atoms with Crippen molar-refractivity contribution in [2.75, 3.05) is 26.0 Å². The number of carbonyl (C=O) groups is 2. The van der Waals surface area contributed by atoms with Crippen LogP contribution in [-0.4, -0.2) is 51.1 Å². The Morgan fingerprint density at radius 1 is 1.25 bits per heavy atom. The Balaban J connectivity index is 2.44. The summed E-state index contributed by atoms with van der Waals surface area (Å²) in [5.41, 5.74) is 0.937. The number of likely N-dealkylation sites (N-methyl/N-ethyl adjacent to an activating group) is 1. The van der Waals surface area contributed by atoms with Gasteiger partial charge in [-0.05, 0) is 19.1 Å². The first-order chi connectivity index (χ1) is 11.3. The fourth-order valence-corrected chi connectivity index (χ4v) is 2.97. The van der Waals surface area contributed by atoms with Crippen LogP contribution in [0.1, 0.15) is 18.4 Å². The van der Waals surface area contributed by atoms with Gasteiger partial charge in [0.05, 0.1) is 29.6 Å². The Hall–Kier alpha value is -2.40. The normalized spacial score (nSPS) is 10.7. The molecule has 0 saturated carbocycles. The molecule has 0 saturated heterocycles. The van der Waals surface area contributed by atoms with E-state index in [4.69, 9.17) is 10.00 Å². The van der Waals surface area contributed by atoms with Crippen molar-refractivity contribution in [3.63, 3.8) is 0 Å². The molecule has 0 heterocycles. The minimum Gasteiger partial charge on any atom is -0.456 e. The summed E-state index contributed by atoms with van der Waals surface area (Å²) in [5, 5.41) is 8.44. The van der Waals surface area contributed by atoms with Gasteiger partial charge in [0.25, 0.3) is 5.91 Å². The van der Waals surface area contributed by atoms with E-state index in [0.29, 0.717) is 0 Å². The number of amides is 1. The van der Waals surface area contributed by atoms with Gasteiger partial charge in [-0.3, -0.25) is 9.59 Å². The highest BCUT2D eigenvalue weighted by atomic mass is 32.2. The van der Waals surface area contributed by atoms with Crippen molar-refractivity contribution in [3.05, 3.63) is 29.8 Å². The van der Waals surface area contributed by atoms with Crippen LogP contribution in [0.25, 0.3) is 0 Å². The topological polar surface area (TPSA) is 105 Å². The highest BCUT2D eigenvalue weighted by Crippen LogP contribution is 2.13. The second-order valence-electron chi connectivity index (χ2n) is 5.27. The number of benzene rings is 1. The maximum atomic E-state index is 12.1. The van der Waals surface area contributed by atoms with E-state index in [0.717, 1.165) is 5.56 Å². The lowest BCUT2D eigenvalue weighted by molar-refractivity contribution is -0.151. The number of esters is 1. The monoisotopic (exact) mass is 352 g/mol. The second-order valence-corrected chi connectivity index (χ2v) is 7.38. The molecule has 24 heavy (non-hydrogen) atoms. The zero-order chi connectivity index (χ0) is 18.2. The Morgan fingerprint density at radius 2 is 1.88 bits per heavy atom. The third-order valence-electron chi connectivity index (χ3n) is 3.30. The second kappa shape index (κ2) is 9.03.